The van der Waals surface area contributed by atoms with Crippen LogP contribution >= 0.6 is 0 Å². The molecule has 2 aliphatic rings. The molecule has 0 bridgehead atoms. The number of carbonyl (C=O) groups is 3. The number of rotatable bonds is 11. The normalized spacial score (nSPS) is 23.4. The largest absolute Gasteiger partial charge is 0.461 e. The van der Waals surface area contributed by atoms with E-state index in [2.05, 4.69) is 17.4 Å². The van der Waals surface area contributed by atoms with E-state index in [1.54, 1.807) is 0 Å². The molecule has 4 rings (SSSR count). The molecule has 1 fully saturated rings. The fourth-order valence-electron chi connectivity index (χ4n) is 5.53. The van der Waals surface area contributed by atoms with Crippen LogP contribution in [-0.2, 0) is 19.1 Å². The third-order valence-electron chi connectivity index (χ3n) is 7.74. The highest BCUT2D eigenvalue weighted by Gasteiger charge is 2.42. The number of hydrogen-bond acceptors (Lipinski definition) is 9. The monoisotopic (exact) mass is 555 g/mol. The molecule has 1 saturated carbocycles. The Hall–Kier alpha value is -3.51. The Morgan fingerprint density at radius 1 is 0.950 bits per heavy atom. The molecule has 0 aromatic heterocycles. The molecule has 40 heavy (non-hydrogen) atoms. The molecule has 0 aliphatic heterocycles. The van der Waals surface area contributed by atoms with E-state index in [0.717, 1.165) is 22.3 Å². The minimum absolute atomic E-state index is 0.0386. The van der Waals surface area contributed by atoms with Gasteiger partial charge in [-0.15, -0.1) is 0 Å². The topological polar surface area (TPSA) is 194 Å². The van der Waals surface area contributed by atoms with Crippen LogP contribution in [0.15, 0.2) is 48.5 Å². The number of benzene rings is 2. The minimum atomic E-state index is -1.24. The van der Waals surface area contributed by atoms with Crippen molar-refractivity contribution in [3.63, 3.8) is 0 Å². The van der Waals surface area contributed by atoms with Gasteiger partial charge in [-0.25, -0.2) is 4.79 Å². The van der Waals surface area contributed by atoms with Crippen LogP contribution in [0.3, 0.4) is 0 Å². The number of aliphatic hydroxyl groups excluding tert-OH is 3. The third kappa shape index (κ3) is 6.79. The number of nitrogens with two attached hydrogens (primary N) is 2. The fraction of sp³-hybridized carbons (Fsp3) is 0.483. The Labute approximate surface area is 232 Å². The van der Waals surface area contributed by atoms with E-state index in [1.807, 2.05) is 36.4 Å². The second kappa shape index (κ2) is 13.2. The van der Waals surface area contributed by atoms with Crippen LogP contribution in [0.1, 0.15) is 49.1 Å². The van der Waals surface area contributed by atoms with Crippen LogP contribution in [-0.4, -0.2) is 76.9 Å². The summed E-state index contributed by atoms with van der Waals surface area (Å²) < 4.78 is 10.8. The fourth-order valence-corrected chi connectivity index (χ4v) is 5.53. The van der Waals surface area contributed by atoms with E-state index in [-0.39, 0.29) is 44.8 Å². The number of hydrogen-bond donors (Lipinski definition) is 6. The van der Waals surface area contributed by atoms with Crippen molar-refractivity contribution in [2.24, 2.45) is 17.4 Å². The predicted molar refractivity (Wildman–Crippen MR) is 145 cm³/mol. The first-order valence-electron chi connectivity index (χ1n) is 13.5. The smallest absolute Gasteiger partial charge is 0.407 e. The minimum Gasteiger partial charge on any atom is -0.461 e. The molecule has 11 heteroatoms. The van der Waals surface area contributed by atoms with Crippen LogP contribution in [0.5, 0.6) is 0 Å². The maximum atomic E-state index is 12.3. The highest BCUT2D eigenvalue weighted by molar-refractivity contribution is 5.80. The molecule has 0 heterocycles. The number of fused-ring (bicyclic) bond motifs is 3. The lowest BCUT2D eigenvalue weighted by Crippen LogP contribution is -2.55. The van der Waals surface area contributed by atoms with Gasteiger partial charge in [-0.05, 0) is 47.9 Å². The van der Waals surface area contributed by atoms with Gasteiger partial charge in [0.1, 0.15) is 18.6 Å². The number of carbonyl (C=O) groups excluding carboxylic acids is 3. The maximum absolute atomic E-state index is 12.3. The van der Waals surface area contributed by atoms with E-state index < -0.39 is 54.3 Å². The molecule has 2 aromatic rings. The number of alkyl carbamates (subject to hydrolysis) is 1. The molecular weight excluding hydrogens is 518 g/mol. The summed E-state index contributed by atoms with van der Waals surface area (Å²) >= 11 is 0. The summed E-state index contributed by atoms with van der Waals surface area (Å²) in [4.78, 5) is 36.3. The van der Waals surface area contributed by atoms with Gasteiger partial charge in [-0.2, -0.15) is 0 Å². The zero-order valence-corrected chi connectivity index (χ0v) is 22.1. The maximum Gasteiger partial charge on any atom is 0.407 e. The molecule has 11 nitrogen and oxygen atoms in total. The number of primary amides is 1. The van der Waals surface area contributed by atoms with Gasteiger partial charge in [0, 0.05) is 24.9 Å². The lowest BCUT2D eigenvalue weighted by Gasteiger charge is -2.36. The standard InChI is InChI=1S/C29H37N3O8/c30-21-9-11-24(26(27(21)36)28(31)37)40-25(35)12-10-22(33)23(34)13-14-32-29(38)39-15-20-18-7-3-1-5-16(18)17-6-2-4-8-19(17)20/h1-8,20-24,26-27,33-34,36H,9-15,30H2,(H2,31,37)(H,32,38). The number of ether oxygens (including phenoxy) is 2. The van der Waals surface area contributed by atoms with Crippen LogP contribution in [0, 0.1) is 5.92 Å². The molecule has 2 aromatic carbocycles. The van der Waals surface area contributed by atoms with Crippen molar-refractivity contribution >= 4 is 18.0 Å². The van der Waals surface area contributed by atoms with Crippen molar-refractivity contribution in [2.45, 2.75) is 68.5 Å². The van der Waals surface area contributed by atoms with E-state index in [1.165, 1.54) is 0 Å². The molecule has 2 aliphatic carbocycles. The van der Waals surface area contributed by atoms with E-state index in [9.17, 15) is 29.7 Å². The summed E-state index contributed by atoms with van der Waals surface area (Å²) in [5, 5.41) is 33.2. The van der Waals surface area contributed by atoms with Gasteiger partial charge < -0.3 is 41.6 Å². The first-order chi connectivity index (χ1) is 19.2. The summed E-state index contributed by atoms with van der Waals surface area (Å²) in [5.41, 5.74) is 15.6. The molecule has 2 amide bonds. The van der Waals surface area contributed by atoms with Gasteiger partial charge in [0.2, 0.25) is 5.91 Å². The van der Waals surface area contributed by atoms with Crippen LogP contribution < -0.4 is 16.8 Å². The van der Waals surface area contributed by atoms with Crippen molar-refractivity contribution < 1.29 is 39.2 Å². The third-order valence-corrected chi connectivity index (χ3v) is 7.74. The zero-order chi connectivity index (χ0) is 28.8. The Balaban J connectivity index is 1.16. The first kappa shape index (κ1) is 29.5. The highest BCUT2D eigenvalue weighted by Crippen LogP contribution is 2.44. The lowest BCUT2D eigenvalue weighted by molar-refractivity contribution is -0.162. The van der Waals surface area contributed by atoms with Crippen molar-refractivity contribution in [1.29, 1.82) is 0 Å². The van der Waals surface area contributed by atoms with Crippen molar-refractivity contribution in [3.05, 3.63) is 59.7 Å². The van der Waals surface area contributed by atoms with Gasteiger partial charge in [0.05, 0.1) is 18.3 Å². The summed E-state index contributed by atoms with van der Waals surface area (Å²) in [7, 11) is 0. The molecule has 0 radical (unpaired) electrons. The van der Waals surface area contributed by atoms with Gasteiger partial charge in [-0.3, -0.25) is 9.59 Å². The van der Waals surface area contributed by atoms with Gasteiger partial charge >= 0.3 is 12.1 Å². The van der Waals surface area contributed by atoms with Crippen LogP contribution in [0.2, 0.25) is 0 Å². The number of aliphatic hydroxyl groups is 3. The van der Waals surface area contributed by atoms with E-state index in [4.69, 9.17) is 20.9 Å². The molecule has 6 unspecified atom stereocenters. The molecule has 6 atom stereocenters. The molecule has 0 saturated heterocycles. The average molecular weight is 556 g/mol. The van der Waals surface area contributed by atoms with Gasteiger partial charge in [0.25, 0.3) is 0 Å². The van der Waals surface area contributed by atoms with Crippen molar-refractivity contribution in [1.82, 2.24) is 5.32 Å². The summed E-state index contributed by atoms with van der Waals surface area (Å²) in [5.74, 6) is -2.67. The Kier molecular flexibility index (Phi) is 9.75. The average Bonchev–Trinajstić information content (AvgIpc) is 3.26. The summed E-state index contributed by atoms with van der Waals surface area (Å²) in [6.45, 7) is 0.216. The van der Waals surface area contributed by atoms with Crippen LogP contribution in [0.25, 0.3) is 11.1 Å². The van der Waals surface area contributed by atoms with Gasteiger partial charge in [-0.1, -0.05) is 48.5 Å². The summed E-state index contributed by atoms with van der Waals surface area (Å²) in [6, 6.07) is 15.4. The second-order valence-corrected chi connectivity index (χ2v) is 10.4. The molecule has 0 spiro atoms. The SMILES string of the molecule is NC(=O)C1C(OC(=O)CCC(O)C(O)CCNC(=O)OCC2c3ccccc3-c3ccccc32)CCC(N)C1O. The van der Waals surface area contributed by atoms with E-state index in [0.29, 0.717) is 6.42 Å². The molecular formula is C29H37N3O8. The van der Waals surface area contributed by atoms with Crippen molar-refractivity contribution in [2.75, 3.05) is 13.2 Å². The highest BCUT2D eigenvalue weighted by atomic mass is 16.6. The Bertz CT molecular complexity index is 1160. The van der Waals surface area contributed by atoms with Crippen molar-refractivity contribution in [3.8, 4) is 11.1 Å². The second-order valence-electron chi connectivity index (χ2n) is 10.4. The quantitative estimate of drug-likeness (QED) is 0.219. The van der Waals surface area contributed by atoms with Crippen LogP contribution in [0.4, 0.5) is 4.79 Å². The van der Waals surface area contributed by atoms with Gasteiger partial charge in [0.15, 0.2) is 0 Å². The first-order valence-corrected chi connectivity index (χ1v) is 13.5. The van der Waals surface area contributed by atoms with E-state index >= 15 is 0 Å². The number of esters is 1. The predicted octanol–water partition coefficient (Wildman–Crippen LogP) is 0.913. The number of nitrogens with one attached hydrogen (secondary N) is 1. The zero-order valence-electron chi connectivity index (χ0n) is 22.1. The summed E-state index contributed by atoms with van der Waals surface area (Å²) in [6.07, 6.45) is -4.82. The Morgan fingerprint density at radius 2 is 1.55 bits per heavy atom. The molecule has 8 N–H and O–H groups in total. The lowest BCUT2D eigenvalue weighted by atomic mass is 9.80. The molecule has 216 valence electrons. The number of amides is 2. The Morgan fingerprint density at radius 3 is 2.17 bits per heavy atom.